The molecule has 0 unspecified atom stereocenters. The number of nitriles is 1. The van der Waals surface area contributed by atoms with Crippen LogP contribution >= 0.6 is 11.8 Å². The van der Waals surface area contributed by atoms with Gasteiger partial charge in [0.15, 0.2) is 0 Å². The third-order valence-electron chi connectivity index (χ3n) is 1.65. The van der Waals surface area contributed by atoms with Gasteiger partial charge < -0.3 is 5.11 Å². The topological polar surface area (TPSA) is 87.2 Å². The minimum Gasteiger partial charge on any atom is -0.396 e. The Balaban J connectivity index is 3.01. The molecule has 0 saturated carbocycles. The summed E-state index contributed by atoms with van der Waals surface area (Å²) in [6.45, 7) is 0.0124. The third kappa shape index (κ3) is 2.94. The van der Waals surface area contributed by atoms with Gasteiger partial charge in [0.2, 0.25) is 0 Å². The van der Waals surface area contributed by atoms with Crippen LogP contribution in [-0.4, -0.2) is 22.4 Å². The van der Waals surface area contributed by atoms with Crippen LogP contribution in [0.5, 0.6) is 0 Å². The first-order valence-corrected chi connectivity index (χ1v) is 5.10. The average Bonchev–Trinajstić information content (AvgIpc) is 2.25. The van der Waals surface area contributed by atoms with Crippen molar-refractivity contribution in [1.29, 1.82) is 5.26 Å². The van der Waals surface area contributed by atoms with Crippen LogP contribution in [0.15, 0.2) is 23.1 Å². The molecule has 0 aromatic heterocycles. The molecule has 0 aliphatic carbocycles. The molecular weight excluding hydrogens is 216 g/mol. The highest BCUT2D eigenvalue weighted by molar-refractivity contribution is 7.99. The van der Waals surface area contributed by atoms with Gasteiger partial charge in [-0.2, -0.15) is 5.26 Å². The Morgan fingerprint density at radius 2 is 2.33 bits per heavy atom. The van der Waals surface area contributed by atoms with Crippen molar-refractivity contribution in [3.05, 3.63) is 33.9 Å². The van der Waals surface area contributed by atoms with Crippen molar-refractivity contribution in [1.82, 2.24) is 0 Å². The Bertz CT molecular complexity index is 414. The first-order chi connectivity index (χ1) is 7.19. The minimum absolute atomic E-state index is 0.0124. The van der Waals surface area contributed by atoms with E-state index in [4.69, 9.17) is 10.4 Å². The molecule has 0 amide bonds. The third-order valence-corrected chi connectivity index (χ3v) is 2.62. The average molecular weight is 224 g/mol. The smallest absolute Gasteiger partial charge is 0.288 e. The van der Waals surface area contributed by atoms with E-state index < -0.39 is 4.92 Å². The Kier molecular flexibility index (Phi) is 4.09. The second-order valence-corrected chi connectivity index (χ2v) is 3.79. The lowest BCUT2D eigenvalue weighted by atomic mass is 10.2. The number of hydrogen-bond donors (Lipinski definition) is 1. The van der Waals surface area contributed by atoms with E-state index in [1.165, 1.54) is 23.9 Å². The van der Waals surface area contributed by atoms with Crippen LogP contribution in [0, 0.1) is 21.4 Å². The van der Waals surface area contributed by atoms with Crippen molar-refractivity contribution < 1.29 is 10.0 Å². The van der Waals surface area contributed by atoms with E-state index in [9.17, 15) is 10.1 Å². The predicted octanol–water partition coefficient (Wildman–Crippen LogP) is 1.55. The number of rotatable bonds is 4. The number of nitrogens with zero attached hydrogens (tertiary/aromatic N) is 2. The van der Waals surface area contributed by atoms with Crippen LogP contribution in [0.3, 0.4) is 0 Å². The zero-order valence-corrected chi connectivity index (χ0v) is 8.53. The monoisotopic (exact) mass is 224 g/mol. The normalized spacial score (nSPS) is 9.60. The Hall–Kier alpha value is -1.58. The molecule has 78 valence electrons. The maximum Gasteiger partial charge on any atom is 0.288 e. The molecule has 1 aromatic rings. The number of thioether (sulfide) groups is 1. The van der Waals surface area contributed by atoms with Gasteiger partial charge >= 0.3 is 0 Å². The first kappa shape index (κ1) is 11.5. The molecule has 0 aliphatic rings. The first-order valence-electron chi connectivity index (χ1n) is 4.11. The van der Waals surface area contributed by atoms with Crippen molar-refractivity contribution in [2.45, 2.75) is 4.90 Å². The van der Waals surface area contributed by atoms with Crippen molar-refractivity contribution >= 4 is 17.4 Å². The fourth-order valence-electron chi connectivity index (χ4n) is 1.01. The molecule has 0 saturated heterocycles. The minimum atomic E-state index is -0.582. The summed E-state index contributed by atoms with van der Waals surface area (Å²) in [6.07, 6.45) is 0. The van der Waals surface area contributed by atoms with Gasteiger partial charge in [-0.1, -0.05) is 0 Å². The van der Waals surface area contributed by atoms with Gasteiger partial charge in [-0.3, -0.25) is 10.1 Å². The molecule has 1 aromatic carbocycles. The number of aliphatic hydroxyl groups is 1. The lowest BCUT2D eigenvalue weighted by Crippen LogP contribution is -1.93. The summed E-state index contributed by atoms with van der Waals surface area (Å²) in [5.74, 6) is 0.475. The van der Waals surface area contributed by atoms with Gasteiger partial charge in [0.05, 0.1) is 11.5 Å². The van der Waals surface area contributed by atoms with Gasteiger partial charge in [0.25, 0.3) is 5.69 Å². The molecule has 0 atom stereocenters. The molecule has 0 aliphatic heterocycles. The van der Waals surface area contributed by atoms with Gasteiger partial charge in [0.1, 0.15) is 11.6 Å². The molecule has 15 heavy (non-hydrogen) atoms. The van der Waals surface area contributed by atoms with Crippen LogP contribution in [0.1, 0.15) is 5.56 Å². The number of hydrogen-bond acceptors (Lipinski definition) is 5. The standard InChI is InChI=1S/C9H8N2O3S/c10-6-7-1-2-8(15-4-3-12)5-9(7)11(13)14/h1-2,5,12H,3-4H2. The Labute approximate surface area is 90.5 Å². The molecule has 0 bridgehead atoms. The SMILES string of the molecule is N#Cc1ccc(SCCO)cc1[N+](=O)[O-]. The van der Waals surface area contributed by atoms with Gasteiger partial charge in [-0.05, 0) is 12.1 Å². The van der Waals surface area contributed by atoms with E-state index in [0.29, 0.717) is 10.6 Å². The van der Waals surface area contributed by atoms with E-state index in [2.05, 4.69) is 0 Å². The van der Waals surface area contributed by atoms with Crippen LogP contribution < -0.4 is 0 Å². The van der Waals surface area contributed by atoms with E-state index in [-0.39, 0.29) is 17.9 Å². The summed E-state index contributed by atoms with van der Waals surface area (Å²) in [6, 6.07) is 6.15. The molecule has 5 nitrogen and oxygen atoms in total. The maximum atomic E-state index is 10.6. The molecule has 6 heteroatoms. The Morgan fingerprint density at radius 1 is 1.60 bits per heavy atom. The zero-order valence-electron chi connectivity index (χ0n) is 7.71. The highest BCUT2D eigenvalue weighted by Crippen LogP contribution is 2.25. The van der Waals surface area contributed by atoms with Crippen molar-refractivity contribution in [3.63, 3.8) is 0 Å². The second-order valence-electron chi connectivity index (χ2n) is 2.62. The summed E-state index contributed by atoms with van der Waals surface area (Å²) >= 11 is 1.31. The molecule has 0 fully saturated rings. The summed E-state index contributed by atoms with van der Waals surface area (Å²) in [5, 5.41) is 27.8. The van der Waals surface area contributed by atoms with Crippen LogP contribution in [0.25, 0.3) is 0 Å². The number of nitro benzene ring substituents is 1. The van der Waals surface area contributed by atoms with E-state index >= 15 is 0 Å². The predicted molar refractivity (Wildman–Crippen MR) is 55.6 cm³/mol. The van der Waals surface area contributed by atoms with Crippen LogP contribution in [0.2, 0.25) is 0 Å². The zero-order chi connectivity index (χ0) is 11.3. The molecule has 0 spiro atoms. The fourth-order valence-corrected chi connectivity index (χ4v) is 1.70. The fraction of sp³-hybridized carbons (Fsp3) is 0.222. The molecule has 1 N–H and O–H groups in total. The molecule has 0 heterocycles. The Morgan fingerprint density at radius 3 is 2.87 bits per heavy atom. The lowest BCUT2D eigenvalue weighted by Gasteiger charge is -2.00. The highest BCUT2D eigenvalue weighted by Gasteiger charge is 2.13. The van der Waals surface area contributed by atoms with Crippen LogP contribution in [-0.2, 0) is 0 Å². The van der Waals surface area contributed by atoms with E-state index in [1.807, 2.05) is 0 Å². The summed E-state index contributed by atoms with van der Waals surface area (Å²) in [7, 11) is 0. The van der Waals surface area contributed by atoms with Crippen LogP contribution in [0.4, 0.5) is 5.69 Å². The van der Waals surface area contributed by atoms with E-state index in [0.717, 1.165) is 0 Å². The lowest BCUT2D eigenvalue weighted by molar-refractivity contribution is -0.385. The van der Waals surface area contributed by atoms with Crippen molar-refractivity contribution in [2.24, 2.45) is 0 Å². The van der Waals surface area contributed by atoms with Gasteiger partial charge in [-0.25, -0.2) is 0 Å². The number of nitro groups is 1. The van der Waals surface area contributed by atoms with Gasteiger partial charge in [-0.15, -0.1) is 11.8 Å². The van der Waals surface area contributed by atoms with Crippen molar-refractivity contribution in [2.75, 3.05) is 12.4 Å². The summed E-state index contributed by atoms with van der Waals surface area (Å²) in [4.78, 5) is 10.7. The number of benzene rings is 1. The maximum absolute atomic E-state index is 10.6. The van der Waals surface area contributed by atoms with Gasteiger partial charge in [0, 0.05) is 16.7 Å². The second kappa shape index (κ2) is 5.34. The molecular formula is C9H8N2O3S. The highest BCUT2D eigenvalue weighted by atomic mass is 32.2. The van der Waals surface area contributed by atoms with Crippen molar-refractivity contribution in [3.8, 4) is 6.07 Å². The van der Waals surface area contributed by atoms with E-state index in [1.54, 1.807) is 12.1 Å². The quantitative estimate of drug-likeness (QED) is 0.476. The molecule has 0 radical (unpaired) electrons. The number of aliphatic hydroxyl groups excluding tert-OH is 1. The largest absolute Gasteiger partial charge is 0.396 e. The molecule has 1 rings (SSSR count). The summed E-state index contributed by atoms with van der Waals surface area (Å²) in [5.41, 5.74) is -0.145. The summed E-state index contributed by atoms with van der Waals surface area (Å²) < 4.78 is 0.